The van der Waals surface area contributed by atoms with E-state index in [9.17, 15) is 0 Å². The van der Waals surface area contributed by atoms with Gasteiger partial charge in [0.05, 0.1) is 11.0 Å². The van der Waals surface area contributed by atoms with E-state index in [1.165, 1.54) is 38.1 Å². The Morgan fingerprint density at radius 3 is 1.93 bits per heavy atom. The Balaban J connectivity index is 1.08. The molecule has 254 valence electrons. The molecule has 0 saturated heterocycles. The Kier molecular flexibility index (Phi) is 6.92. The van der Waals surface area contributed by atoms with Crippen LogP contribution < -0.4 is 0 Å². The van der Waals surface area contributed by atoms with Crippen molar-refractivity contribution in [2.24, 2.45) is 0 Å². The summed E-state index contributed by atoms with van der Waals surface area (Å²) in [6, 6.07) is 52.9. The highest BCUT2D eigenvalue weighted by Gasteiger charge is 2.23. The van der Waals surface area contributed by atoms with Crippen molar-refractivity contribution >= 4 is 54.5 Å². The van der Waals surface area contributed by atoms with E-state index in [0.717, 1.165) is 50.7 Å². The second-order valence-corrected chi connectivity index (χ2v) is 13.9. The quantitative estimate of drug-likeness (QED) is 0.180. The summed E-state index contributed by atoms with van der Waals surface area (Å²) in [5.74, 6) is 2.19. The first-order valence-electron chi connectivity index (χ1n) is 18.4. The maximum absolute atomic E-state index is 6.60. The summed E-state index contributed by atoms with van der Waals surface area (Å²) in [4.78, 5) is 14.8. The van der Waals surface area contributed by atoms with Gasteiger partial charge >= 0.3 is 0 Å². The molecule has 1 unspecified atom stereocenters. The van der Waals surface area contributed by atoms with Crippen molar-refractivity contribution in [3.8, 4) is 39.9 Å². The molecule has 10 aromatic rings. The molecule has 5 nitrogen and oxygen atoms in total. The molecule has 0 radical (unpaired) electrons. The lowest BCUT2D eigenvalue weighted by Crippen LogP contribution is -2.00. The van der Waals surface area contributed by atoms with E-state index in [1.54, 1.807) is 0 Å². The number of para-hydroxylation sites is 1. The van der Waals surface area contributed by atoms with Gasteiger partial charge in [-0.1, -0.05) is 127 Å². The molecule has 0 fully saturated rings. The van der Waals surface area contributed by atoms with Crippen LogP contribution in [0.15, 0.2) is 180 Å². The van der Waals surface area contributed by atoms with Crippen LogP contribution in [0.25, 0.3) is 94.4 Å². The van der Waals surface area contributed by atoms with Gasteiger partial charge in [0.15, 0.2) is 17.5 Å². The molecule has 54 heavy (non-hydrogen) atoms. The fourth-order valence-corrected chi connectivity index (χ4v) is 8.27. The highest BCUT2D eigenvalue weighted by Crippen LogP contribution is 2.44. The maximum atomic E-state index is 6.60. The fraction of sp³-hybridized carbons (Fsp3) is 0.0408. The monoisotopic (exact) mass is 692 g/mol. The number of rotatable bonds is 5. The van der Waals surface area contributed by atoms with Gasteiger partial charge in [0, 0.05) is 55.9 Å². The maximum Gasteiger partial charge on any atom is 0.164 e. The average Bonchev–Trinajstić information content (AvgIpc) is 3.78. The second kappa shape index (κ2) is 12.2. The smallest absolute Gasteiger partial charge is 0.164 e. The lowest BCUT2D eigenvalue weighted by molar-refractivity contribution is 0.668. The third kappa shape index (κ3) is 4.90. The van der Waals surface area contributed by atoms with Crippen molar-refractivity contribution < 1.29 is 4.42 Å². The van der Waals surface area contributed by atoms with Crippen molar-refractivity contribution in [3.63, 3.8) is 0 Å². The van der Waals surface area contributed by atoms with Gasteiger partial charge in [-0.2, -0.15) is 0 Å². The molecule has 0 N–H and O–H groups in total. The Hall–Kier alpha value is -7.11. The summed E-state index contributed by atoms with van der Waals surface area (Å²) in [5.41, 5.74) is 9.26. The highest BCUT2D eigenvalue weighted by atomic mass is 16.3. The summed E-state index contributed by atoms with van der Waals surface area (Å²) in [6.07, 6.45) is 9.96. The van der Waals surface area contributed by atoms with Crippen LogP contribution in [0, 0.1) is 0 Å². The first-order valence-corrected chi connectivity index (χ1v) is 18.4. The van der Waals surface area contributed by atoms with E-state index in [-0.39, 0.29) is 0 Å². The van der Waals surface area contributed by atoms with E-state index in [0.29, 0.717) is 23.4 Å². The van der Waals surface area contributed by atoms with E-state index >= 15 is 0 Å². The number of hydrogen-bond donors (Lipinski definition) is 0. The summed E-state index contributed by atoms with van der Waals surface area (Å²) >= 11 is 0. The van der Waals surface area contributed by atoms with Crippen LogP contribution in [-0.4, -0.2) is 19.5 Å². The molecule has 0 amide bonds. The Morgan fingerprint density at radius 2 is 1.19 bits per heavy atom. The van der Waals surface area contributed by atoms with Gasteiger partial charge in [-0.3, -0.25) is 0 Å². The van der Waals surface area contributed by atoms with Gasteiger partial charge in [0.25, 0.3) is 0 Å². The molecule has 0 aliphatic heterocycles. The molecule has 11 rings (SSSR count). The largest absolute Gasteiger partial charge is 0.456 e. The van der Waals surface area contributed by atoms with Crippen LogP contribution in [0.5, 0.6) is 0 Å². The van der Waals surface area contributed by atoms with Crippen molar-refractivity contribution in [1.29, 1.82) is 0 Å². The number of allylic oxidation sites excluding steroid dienone is 4. The lowest BCUT2D eigenvalue weighted by atomic mass is 9.85. The number of nitrogens with zero attached hydrogens (tertiary/aromatic N) is 4. The molecule has 7 aromatic carbocycles. The van der Waals surface area contributed by atoms with Gasteiger partial charge in [-0.25, -0.2) is 15.0 Å². The minimum absolute atomic E-state index is 0.298. The zero-order valence-corrected chi connectivity index (χ0v) is 29.2. The third-order valence-corrected chi connectivity index (χ3v) is 10.7. The van der Waals surface area contributed by atoms with Gasteiger partial charge in [0.1, 0.15) is 11.2 Å². The number of furan rings is 1. The molecular formula is C49H32N4O. The van der Waals surface area contributed by atoms with Gasteiger partial charge in [0.2, 0.25) is 0 Å². The van der Waals surface area contributed by atoms with Crippen LogP contribution in [0.3, 0.4) is 0 Å². The van der Waals surface area contributed by atoms with Gasteiger partial charge in [-0.15, -0.1) is 0 Å². The molecule has 0 saturated carbocycles. The van der Waals surface area contributed by atoms with Crippen LogP contribution in [0.1, 0.15) is 17.9 Å². The molecular weight excluding hydrogens is 661 g/mol. The van der Waals surface area contributed by atoms with Crippen LogP contribution in [-0.2, 0) is 0 Å². The first kappa shape index (κ1) is 30.5. The normalized spacial score (nSPS) is 14.3. The zero-order chi connectivity index (χ0) is 35.6. The zero-order valence-electron chi connectivity index (χ0n) is 29.2. The first-order chi connectivity index (χ1) is 26.8. The van der Waals surface area contributed by atoms with Gasteiger partial charge in [-0.05, 0) is 65.2 Å². The van der Waals surface area contributed by atoms with Crippen LogP contribution in [0.4, 0.5) is 0 Å². The standard InChI is InChI=1S/C49H32N4O/c1-4-14-31(15-5-1)45-37-21-11-10-20-34(37)29-42-46(45)39-22-12-13-23-41(39)53(42)36-25-26-38-40-28-35(24-27-43(40)54-44(38)30-36)49-51-47(32-16-6-2-7-17-32)50-48(52-49)33-18-8-3-9-19-33/h1-14,16-31H,15H2. The summed E-state index contributed by atoms with van der Waals surface area (Å²) in [7, 11) is 0. The van der Waals surface area contributed by atoms with Crippen LogP contribution in [0.2, 0.25) is 0 Å². The molecule has 1 atom stereocenters. The van der Waals surface area contributed by atoms with Crippen LogP contribution >= 0.6 is 0 Å². The van der Waals surface area contributed by atoms with Crippen molar-refractivity contribution in [2.75, 3.05) is 0 Å². The molecule has 3 heterocycles. The number of benzene rings is 7. The molecule has 1 aliphatic rings. The van der Waals surface area contributed by atoms with E-state index in [4.69, 9.17) is 19.4 Å². The number of fused-ring (bicyclic) bond motifs is 7. The minimum atomic E-state index is 0.298. The van der Waals surface area contributed by atoms with Crippen molar-refractivity contribution in [3.05, 3.63) is 182 Å². The Morgan fingerprint density at radius 1 is 0.500 bits per heavy atom. The molecule has 1 aliphatic carbocycles. The molecule has 0 bridgehead atoms. The van der Waals surface area contributed by atoms with Crippen molar-refractivity contribution in [2.45, 2.75) is 12.3 Å². The molecule has 5 heteroatoms. The van der Waals surface area contributed by atoms with E-state index < -0.39 is 0 Å². The number of hydrogen-bond acceptors (Lipinski definition) is 4. The summed E-state index contributed by atoms with van der Waals surface area (Å²) in [5, 5.41) is 7.19. The Bertz CT molecular complexity index is 3080. The SMILES string of the molecule is C1=CCC(c2c3ccccc3cc3c2c2ccccc2n3-c2ccc3c(c2)oc2ccc(-c4nc(-c5ccccc5)nc(-c5ccccc5)n4)cc23)C=C1. The minimum Gasteiger partial charge on any atom is -0.456 e. The highest BCUT2D eigenvalue weighted by molar-refractivity contribution is 6.17. The third-order valence-electron chi connectivity index (χ3n) is 10.7. The average molecular weight is 693 g/mol. The van der Waals surface area contributed by atoms with E-state index in [2.05, 4.69) is 108 Å². The van der Waals surface area contributed by atoms with Crippen molar-refractivity contribution in [1.82, 2.24) is 19.5 Å². The van der Waals surface area contributed by atoms with Gasteiger partial charge < -0.3 is 8.98 Å². The molecule has 3 aromatic heterocycles. The summed E-state index contributed by atoms with van der Waals surface area (Å²) < 4.78 is 9.00. The lowest BCUT2D eigenvalue weighted by Gasteiger charge is -2.19. The summed E-state index contributed by atoms with van der Waals surface area (Å²) in [6.45, 7) is 0. The predicted octanol–water partition coefficient (Wildman–Crippen LogP) is 12.6. The van der Waals surface area contributed by atoms with E-state index in [1.807, 2.05) is 72.8 Å². The molecule has 0 spiro atoms. The fourth-order valence-electron chi connectivity index (χ4n) is 8.27. The number of aromatic nitrogens is 4. The second-order valence-electron chi connectivity index (χ2n) is 13.9. The topological polar surface area (TPSA) is 56.7 Å². The Labute approximate surface area is 311 Å². The predicted molar refractivity (Wildman–Crippen MR) is 221 cm³/mol.